The summed E-state index contributed by atoms with van der Waals surface area (Å²) in [6, 6.07) is 12.1. The van der Waals surface area contributed by atoms with Crippen LogP contribution in [0.2, 0.25) is 5.02 Å². The van der Waals surface area contributed by atoms with E-state index < -0.39 is 4.92 Å². The smallest absolute Gasteiger partial charge is 0.289 e. The Balaban J connectivity index is 1.35. The Hall–Kier alpha value is -3.17. The SMILES string of the molecule is O=C(CN1CCCN(c2nc3ccccc3[nH]2)CC1)Nc1ccc(Cl)c([N+](=O)[O-])c1. The highest BCUT2D eigenvalue weighted by molar-refractivity contribution is 6.32. The Labute approximate surface area is 177 Å². The highest BCUT2D eigenvalue weighted by Gasteiger charge is 2.20. The summed E-state index contributed by atoms with van der Waals surface area (Å²) in [5.41, 5.74) is 2.07. The minimum absolute atomic E-state index is 0.0381. The third-order valence-electron chi connectivity index (χ3n) is 5.06. The van der Waals surface area contributed by atoms with Crippen LogP contribution in [0.1, 0.15) is 6.42 Å². The van der Waals surface area contributed by atoms with E-state index in [-0.39, 0.29) is 23.2 Å². The zero-order chi connectivity index (χ0) is 21.1. The number of nitrogens with one attached hydrogen (secondary N) is 2. The number of nitro benzene ring substituents is 1. The second kappa shape index (κ2) is 8.68. The highest BCUT2D eigenvalue weighted by atomic mass is 35.5. The van der Waals surface area contributed by atoms with E-state index in [1.165, 1.54) is 12.1 Å². The minimum Gasteiger partial charge on any atom is -0.341 e. The van der Waals surface area contributed by atoms with Crippen LogP contribution in [-0.2, 0) is 4.79 Å². The predicted molar refractivity (Wildman–Crippen MR) is 116 cm³/mol. The van der Waals surface area contributed by atoms with Crippen molar-refractivity contribution in [3.05, 3.63) is 57.6 Å². The van der Waals surface area contributed by atoms with Crippen LogP contribution in [0.25, 0.3) is 11.0 Å². The molecule has 2 N–H and O–H groups in total. The van der Waals surface area contributed by atoms with E-state index in [0.29, 0.717) is 12.2 Å². The topological polar surface area (TPSA) is 107 Å². The van der Waals surface area contributed by atoms with Gasteiger partial charge in [0.25, 0.3) is 5.69 Å². The number of H-pyrrole nitrogens is 1. The molecule has 0 unspecified atom stereocenters. The summed E-state index contributed by atoms with van der Waals surface area (Å²) < 4.78 is 0. The standard InChI is InChI=1S/C20H21ClN6O3/c21-15-7-6-14(12-18(15)27(29)30)22-19(28)13-25-8-3-9-26(11-10-25)20-23-16-4-1-2-5-17(16)24-20/h1-2,4-7,12H,3,8-11,13H2,(H,22,28)(H,23,24). The second-order valence-electron chi connectivity index (χ2n) is 7.17. The van der Waals surface area contributed by atoms with E-state index in [9.17, 15) is 14.9 Å². The van der Waals surface area contributed by atoms with Gasteiger partial charge >= 0.3 is 0 Å². The van der Waals surface area contributed by atoms with E-state index >= 15 is 0 Å². The number of hydrogen-bond donors (Lipinski definition) is 2. The van der Waals surface area contributed by atoms with Gasteiger partial charge in [0.15, 0.2) is 0 Å². The lowest BCUT2D eigenvalue weighted by atomic mass is 10.2. The number of para-hydroxylation sites is 2. The normalized spacial score (nSPS) is 15.2. The molecule has 1 aliphatic rings. The number of carbonyl (C=O) groups is 1. The van der Waals surface area contributed by atoms with Crippen LogP contribution >= 0.6 is 11.6 Å². The number of anilines is 2. The molecule has 1 aromatic heterocycles. The number of aromatic nitrogens is 2. The number of aromatic amines is 1. The molecule has 1 saturated heterocycles. The van der Waals surface area contributed by atoms with E-state index in [0.717, 1.165) is 43.0 Å². The van der Waals surface area contributed by atoms with E-state index in [1.54, 1.807) is 6.07 Å². The number of fused-ring (bicyclic) bond motifs is 1. The van der Waals surface area contributed by atoms with Gasteiger partial charge in [-0.2, -0.15) is 0 Å². The number of nitrogens with zero attached hydrogens (tertiary/aromatic N) is 4. The first-order valence-corrected chi connectivity index (χ1v) is 10.0. The first kappa shape index (κ1) is 20.1. The first-order valence-electron chi connectivity index (χ1n) is 9.65. The molecule has 0 radical (unpaired) electrons. The van der Waals surface area contributed by atoms with Crippen LogP contribution in [0.4, 0.5) is 17.3 Å². The number of nitro groups is 1. The van der Waals surface area contributed by atoms with E-state index in [1.807, 2.05) is 24.3 Å². The Morgan fingerprint density at radius 3 is 2.83 bits per heavy atom. The van der Waals surface area contributed by atoms with Crippen molar-refractivity contribution in [1.82, 2.24) is 14.9 Å². The molecule has 0 spiro atoms. The van der Waals surface area contributed by atoms with Gasteiger partial charge in [-0.3, -0.25) is 19.8 Å². The van der Waals surface area contributed by atoms with Crippen LogP contribution < -0.4 is 10.2 Å². The Morgan fingerprint density at radius 1 is 1.20 bits per heavy atom. The van der Waals surface area contributed by atoms with Crippen molar-refractivity contribution in [2.45, 2.75) is 6.42 Å². The lowest BCUT2D eigenvalue weighted by molar-refractivity contribution is -0.384. The van der Waals surface area contributed by atoms with Gasteiger partial charge in [0.1, 0.15) is 5.02 Å². The van der Waals surface area contributed by atoms with Gasteiger partial charge in [0.05, 0.1) is 22.5 Å². The van der Waals surface area contributed by atoms with E-state index in [2.05, 4.69) is 25.1 Å². The maximum atomic E-state index is 12.4. The Kier molecular flexibility index (Phi) is 5.82. The number of rotatable bonds is 5. The van der Waals surface area contributed by atoms with Gasteiger partial charge in [-0.1, -0.05) is 23.7 Å². The molecule has 156 valence electrons. The molecule has 9 nitrogen and oxygen atoms in total. The van der Waals surface area contributed by atoms with Gasteiger partial charge in [-0.05, 0) is 30.7 Å². The van der Waals surface area contributed by atoms with Crippen LogP contribution in [-0.4, -0.2) is 58.4 Å². The molecule has 10 heteroatoms. The molecule has 2 heterocycles. The van der Waals surface area contributed by atoms with Gasteiger partial charge in [-0.15, -0.1) is 0 Å². The zero-order valence-electron chi connectivity index (χ0n) is 16.2. The fraction of sp³-hybridized carbons (Fsp3) is 0.300. The van der Waals surface area contributed by atoms with Crippen molar-refractivity contribution in [1.29, 1.82) is 0 Å². The van der Waals surface area contributed by atoms with Gasteiger partial charge < -0.3 is 15.2 Å². The summed E-state index contributed by atoms with van der Waals surface area (Å²) in [5.74, 6) is 0.625. The van der Waals surface area contributed by atoms with Crippen molar-refractivity contribution in [3.8, 4) is 0 Å². The van der Waals surface area contributed by atoms with Gasteiger partial charge in [0, 0.05) is 37.9 Å². The maximum absolute atomic E-state index is 12.4. The molecule has 0 bridgehead atoms. The fourth-order valence-electron chi connectivity index (χ4n) is 3.56. The average Bonchev–Trinajstić information content (AvgIpc) is 3.02. The fourth-order valence-corrected chi connectivity index (χ4v) is 3.75. The zero-order valence-corrected chi connectivity index (χ0v) is 16.9. The number of imidazole rings is 1. The first-order chi connectivity index (χ1) is 14.5. The van der Waals surface area contributed by atoms with Crippen molar-refractivity contribution < 1.29 is 9.72 Å². The molecule has 1 aliphatic heterocycles. The molecule has 30 heavy (non-hydrogen) atoms. The highest BCUT2D eigenvalue weighted by Crippen LogP contribution is 2.27. The molecule has 3 aromatic rings. The van der Waals surface area contributed by atoms with Crippen LogP contribution in [0.5, 0.6) is 0 Å². The molecular weight excluding hydrogens is 408 g/mol. The summed E-state index contributed by atoms with van der Waals surface area (Å²) in [5, 5.41) is 13.8. The Bertz CT molecular complexity index is 1050. The largest absolute Gasteiger partial charge is 0.341 e. The summed E-state index contributed by atoms with van der Waals surface area (Å²) in [6.45, 7) is 3.31. The molecule has 0 atom stereocenters. The van der Waals surface area contributed by atoms with Gasteiger partial charge in [0.2, 0.25) is 11.9 Å². The average molecular weight is 429 g/mol. The van der Waals surface area contributed by atoms with Crippen LogP contribution in [0.3, 0.4) is 0 Å². The molecule has 1 fully saturated rings. The Morgan fingerprint density at radius 2 is 2.03 bits per heavy atom. The summed E-state index contributed by atoms with van der Waals surface area (Å²) in [7, 11) is 0. The van der Waals surface area contributed by atoms with Crippen molar-refractivity contribution in [2.75, 3.05) is 42.9 Å². The molecule has 4 rings (SSSR count). The lowest BCUT2D eigenvalue weighted by Gasteiger charge is -2.21. The van der Waals surface area contributed by atoms with Crippen molar-refractivity contribution >= 4 is 45.9 Å². The molecular formula is C20H21ClN6O3. The monoisotopic (exact) mass is 428 g/mol. The molecule has 0 saturated carbocycles. The number of halogens is 1. The number of hydrogen-bond acceptors (Lipinski definition) is 6. The molecule has 0 aliphatic carbocycles. The number of carbonyl (C=O) groups excluding carboxylic acids is 1. The maximum Gasteiger partial charge on any atom is 0.289 e. The van der Waals surface area contributed by atoms with E-state index in [4.69, 9.17) is 11.6 Å². The number of benzene rings is 2. The number of amides is 1. The second-order valence-corrected chi connectivity index (χ2v) is 7.57. The summed E-state index contributed by atoms with van der Waals surface area (Å²) in [6.07, 6.45) is 0.900. The van der Waals surface area contributed by atoms with Crippen LogP contribution in [0, 0.1) is 10.1 Å². The van der Waals surface area contributed by atoms with Crippen molar-refractivity contribution in [3.63, 3.8) is 0 Å². The quantitative estimate of drug-likeness (QED) is 0.477. The minimum atomic E-state index is -0.570. The molecule has 1 amide bonds. The lowest BCUT2D eigenvalue weighted by Crippen LogP contribution is -2.36. The predicted octanol–water partition coefficient (Wildman–Crippen LogP) is 3.28. The molecule has 2 aromatic carbocycles. The summed E-state index contributed by atoms with van der Waals surface area (Å²) in [4.78, 5) is 35.2. The van der Waals surface area contributed by atoms with Crippen molar-refractivity contribution in [2.24, 2.45) is 0 Å². The van der Waals surface area contributed by atoms with Crippen LogP contribution in [0.15, 0.2) is 42.5 Å². The third kappa shape index (κ3) is 4.52. The third-order valence-corrected chi connectivity index (χ3v) is 5.38. The summed E-state index contributed by atoms with van der Waals surface area (Å²) >= 11 is 5.82. The van der Waals surface area contributed by atoms with Gasteiger partial charge in [-0.25, -0.2) is 4.98 Å².